The van der Waals surface area contributed by atoms with Crippen LogP contribution in [0.25, 0.3) is 17.0 Å². The minimum atomic E-state index is 0.108. The second kappa shape index (κ2) is 13.8. The normalized spacial score (nSPS) is 14.7. The van der Waals surface area contributed by atoms with Gasteiger partial charge in [-0.05, 0) is 82.2 Å². The topological polar surface area (TPSA) is 41.0 Å². The Hall–Kier alpha value is -3.09. The first-order valence-corrected chi connectivity index (χ1v) is 14.6. The molecule has 0 aliphatic carbocycles. The number of piperazine rings is 1. The Morgan fingerprint density at radius 2 is 1.77 bits per heavy atom. The van der Waals surface area contributed by atoms with Crippen molar-refractivity contribution >= 4 is 22.9 Å². The summed E-state index contributed by atoms with van der Waals surface area (Å²) in [6, 6.07) is 15.0. The number of aromatic nitrogens is 1. The molecule has 1 aromatic heterocycles. The van der Waals surface area contributed by atoms with Crippen molar-refractivity contribution in [2.45, 2.75) is 47.1 Å². The molecule has 0 radical (unpaired) electrons. The fourth-order valence-corrected chi connectivity index (χ4v) is 5.68. The van der Waals surface area contributed by atoms with E-state index in [1.165, 1.54) is 33.3 Å². The van der Waals surface area contributed by atoms with Gasteiger partial charge in [-0.3, -0.25) is 9.69 Å². The number of fused-ring (bicyclic) bond motifs is 1. The lowest BCUT2D eigenvalue weighted by atomic mass is 10.1. The average Bonchev–Trinajstić information content (AvgIpc) is 3.22. The molecule has 4 rings (SSSR count). The molecule has 0 atom stereocenters. The van der Waals surface area contributed by atoms with Gasteiger partial charge >= 0.3 is 0 Å². The third kappa shape index (κ3) is 7.31. The third-order valence-electron chi connectivity index (χ3n) is 8.21. The van der Waals surface area contributed by atoms with Crippen LogP contribution in [-0.2, 0) is 17.8 Å². The second-order valence-electron chi connectivity index (χ2n) is 10.7. The summed E-state index contributed by atoms with van der Waals surface area (Å²) in [5.74, 6) is 1.01. The van der Waals surface area contributed by atoms with E-state index in [2.05, 4.69) is 78.5 Å². The summed E-state index contributed by atoms with van der Waals surface area (Å²) in [4.78, 5) is 20.1. The van der Waals surface area contributed by atoms with Crippen molar-refractivity contribution in [3.63, 3.8) is 0 Å². The van der Waals surface area contributed by atoms with E-state index in [9.17, 15) is 4.79 Å². The maximum atomic E-state index is 13.2. The maximum Gasteiger partial charge on any atom is 0.246 e. The Morgan fingerprint density at radius 3 is 2.49 bits per heavy atom. The highest BCUT2D eigenvalue weighted by Crippen LogP contribution is 2.28. The lowest BCUT2D eigenvalue weighted by molar-refractivity contribution is -0.127. The van der Waals surface area contributed by atoms with Gasteiger partial charge in [-0.2, -0.15) is 0 Å². The summed E-state index contributed by atoms with van der Waals surface area (Å²) in [6.45, 7) is 17.4. The summed E-state index contributed by atoms with van der Waals surface area (Å²) < 4.78 is 7.78. The molecule has 2 aromatic carbocycles. The monoisotopic (exact) mass is 530 g/mol. The first kappa shape index (κ1) is 28.9. The van der Waals surface area contributed by atoms with Crippen LogP contribution in [0.5, 0.6) is 5.75 Å². The molecule has 0 unspecified atom stereocenters. The predicted molar refractivity (Wildman–Crippen MR) is 163 cm³/mol. The van der Waals surface area contributed by atoms with Gasteiger partial charge in [0.1, 0.15) is 5.75 Å². The van der Waals surface area contributed by atoms with Crippen LogP contribution in [0.3, 0.4) is 0 Å². The summed E-state index contributed by atoms with van der Waals surface area (Å²) in [7, 11) is 1.71. The SMILES string of the molecule is CCN(CC)CCCn1c(C)c(/C=C/C(=O)N2CCN(CCc3cccc(OC)c3)CC2)c2cc(C)ccc21. The van der Waals surface area contributed by atoms with E-state index in [1.807, 2.05) is 17.0 Å². The summed E-state index contributed by atoms with van der Waals surface area (Å²) >= 11 is 0. The van der Waals surface area contributed by atoms with Crippen LogP contribution in [0.2, 0.25) is 0 Å². The Bertz CT molecular complexity index is 1270. The Labute approximate surface area is 234 Å². The van der Waals surface area contributed by atoms with Crippen molar-refractivity contribution < 1.29 is 9.53 Å². The predicted octanol–water partition coefficient (Wildman–Crippen LogP) is 5.40. The molecular weight excluding hydrogens is 484 g/mol. The molecule has 2 heterocycles. The van der Waals surface area contributed by atoms with E-state index in [-0.39, 0.29) is 5.91 Å². The molecular formula is C33H46N4O2. The molecule has 6 heteroatoms. The molecule has 1 amide bonds. The van der Waals surface area contributed by atoms with Crippen molar-refractivity contribution in [2.24, 2.45) is 0 Å². The molecule has 39 heavy (non-hydrogen) atoms. The number of carbonyl (C=O) groups excluding carboxylic acids is 1. The zero-order valence-electron chi connectivity index (χ0n) is 24.6. The van der Waals surface area contributed by atoms with Crippen LogP contribution in [0.4, 0.5) is 0 Å². The summed E-state index contributed by atoms with van der Waals surface area (Å²) in [6.07, 6.45) is 5.94. The largest absolute Gasteiger partial charge is 0.497 e. The smallest absolute Gasteiger partial charge is 0.246 e. The van der Waals surface area contributed by atoms with E-state index in [0.717, 1.165) is 77.5 Å². The molecule has 1 saturated heterocycles. The number of carbonyl (C=O) groups is 1. The Balaban J connectivity index is 1.37. The minimum Gasteiger partial charge on any atom is -0.497 e. The van der Waals surface area contributed by atoms with E-state index in [4.69, 9.17) is 4.74 Å². The van der Waals surface area contributed by atoms with Gasteiger partial charge in [0.2, 0.25) is 5.91 Å². The van der Waals surface area contributed by atoms with Crippen molar-refractivity contribution in [1.29, 1.82) is 0 Å². The fourth-order valence-electron chi connectivity index (χ4n) is 5.68. The van der Waals surface area contributed by atoms with E-state index >= 15 is 0 Å². The first-order valence-electron chi connectivity index (χ1n) is 14.6. The molecule has 0 bridgehead atoms. The zero-order valence-corrected chi connectivity index (χ0v) is 24.6. The van der Waals surface area contributed by atoms with Crippen LogP contribution in [-0.4, -0.2) is 84.6 Å². The van der Waals surface area contributed by atoms with Crippen molar-refractivity contribution in [3.8, 4) is 5.75 Å². The van der Waals surface area contributed by atoms with Gasteiger partial charge in [-0.25, -0.2) is 0 Å². The molecule has 1 fully saturated rings. The summed E-state index contributed by atoms with van der Waals surface area (Å²) in [5.41, 5.74) is 6.19. The van der Waals surface area contributed by atoms with E-state index in [1.54, 1.807) is 13.2 Å². The second-order valence-corrected chi connectivity index (χ2v) is 10.7. The number of amides is 1. The van der Waals surface area contributed by atoms with Gasteiger partial charge in [0.25, 0.3) is 0 Å². The fraction of sp³-hybridized carbons (Fsp3) is 0.485. The molecule has 1 aliphatic heterocycles. The maximum absolute atomic E-state index is 13.2. The highest BCUT2D eigenvalue weighted by molar-refractivity contribution is 5.97. The first-order chi connectivity index (χ1) is 18.9. The molecule has 3 aromatic rings. The standard InChI is InChI=1S/C33H46N4O2/c1-6-34(7-2)17-9-18-37-27(4)30(31-24-26(3)12-14-32(31)37)13-15-33(38)36-22-20-35(21-23-36)19-16-28-10-8-11-29(25-28)39-5/h8,10-15,24-25H,6-7,9,16-23H2,1-5H3/b15-13+. The lowest BCUT2D eigenvalue weighted by Crippen LogP contribution is -2.48. The Kier molecular flexibility index (Phi) is 10.2. The van der Waals surface area contributed by atoms with Crippen molar-refractivity contribution in [3.05, 3.63) is 70.9 Å². The van der Waals surface area contributed by atoms with Gasteiger partial charge in [0.05, 0.1) is 7.11 Å². The number of rotatable bonds is 12. The minimum absolute atomic E-state index is 0.108. The number of aryl methyl sites for hydroxylation is 2. The highest BCUT2D eigenvalue weighted by Gasteiger charge is 2.20. The van der Waals surface area contributed by atoms with Crippen molar-refractivity contribution in [1.82, 2.24) is 19.3 Å². The van der Waals surface area contributed by atoms with Crippen LogP contribution in [0.15, 0.2) is 48.5 Å². The van der Waals surface area contributed by atoms with Crippen LogP contribution in [0.1, 0.15) is 42.7 Å². The van der Waals surface area contributed by atoms with Crippen LogP contribution >= 0.6 is 0 Å². The number of benzene rings is 2. The summed E-state index contributed by atoms with van der Waals surface area (Å²) in [5, 5.41) is 1.24. The zero-order chi connectivity index (χ0) is 27.8. The number of methoxy groups -OCH3 is 1. The van der Waals surface area contributed by atoms with E-state index < -0.39 is 0 Å². The van der Waals surface area contributed by atoms with Crippen LogP contribution in [0, 0.1) is 13.8 Å². The molecule has 0 spiro atoms. The number of hydrogen-bond acceptors (Lipinski definition) is 4. The van der Waals surface area contributed by atoms with Gasteiger partial charge in [0, 0.05) is 67.5 Å². The van der Waals surface area contributed by atoms with Gasteiger partial charge in [-0.15, -0.1) is 0 Å². The highest BCUT2D eigenvalue weighted by atomic mass is 16.5. The quantitative estimate of drug-likeness (QED) is 0.294. The lowest BCUT2D eigenvalue weighted by Gasteiger charge is -2.34. The van der Waals surface area contributed by atoms with Gasteiger partial charge in [-0.1, -0.05) is 37.6 Å². The number of nitrogens with zero attached hydrogens (tertiary/aromatic N) is 4. The molecule has 6 nitrogen and oxygen atoms in total. The average molecular weight is 531 g/mol. The number of hydrogen-bond donors (Lipinski definition) is 0. The van der Waals surface area contributed by atoms with Crippen LogP contribution < -0.4 is 4.74 Å². The van der Waals surface area contributed by atoms with Gasteiger partial charge < -0.3 is 19.1 Å². The van der Waals surface area contributed by atoms with Crippen molar-refractivity contribution in [2.75, 3.05) is 59.5 Å². The molecule has 0 N–H and O–H groups in total. The Morgan fingerprint density at radius 1 is 1.00 bits per heavy atom. The third-order valence-corrected chi connectivity index (χ3v) is 8.21. The molecule has 0 saturated carbocycles. The molecule has 1 aliphatic rings. The van der Waals surface area contributed by atoms with Gasteiger partial charge in [0.15, 0.2) is 0 Å². The molecule has 210 valence electrons. The number of ether oxygens (including phenoxy) is 1. The van der Waals surface area contributed by atoms with E-state index in [0.29, 0.717) is 0 Å².